The number of hydrogen-bond donors (Lipinski definition) is 0. The number of fused-ring (bicyclic) bond motifs is 1. The van der Waals surface area contributed by atoms with Crippen LogP contribution in [0.4, 0.5) is 0 Å². The molecule has 0 unspecified atom stereocenters. The molecule has 1 atom stereocenters. The van der Waals surface area contributed by atoms with E-state index in [2.05, 4.69) is 93.8 Å². The Kier molecular flexibility index (Phi) is 9.28. The summed E-state index contributed by atoms with van der Waals surface area (Å²) in [5.74, 6) is -0.0590. The van der Waals surface area contributed by atoms with Crippen molar-refractivity contribution in [2.45, 2.75) is 66.3 Å². The molecule has 240 valence electrons. The van der Waals surface area contributed by atoms with E-state index in [0.717, 1.165) is 40.2 Å². The number of hydrogen-bond acceptors (Lipinski definition) is 5. The van der Waals surface area contributed by atoms with Crippen molar-refractivity contribution in [1.29, 1.82) is 0 Å². The normalized spacial score (nSPS) is 14.8. The van der Waals surface area contributed by atoms with Gasteiger partial charge in [0.2, 0.25) is 0 Å². The van der Waals surface area contributed by atoms with E-state index in [4.69, 9.17) is 9.73 Å². The molecule has 0 saturated heterocycles. The molecular weight excluding hydrogens is 603 g/mol. The number of aryl methyl sites for hydroxylation is 1. The fourth-order valence-corrected chi connectivity index (χ4v) is 7.42. The first-order valence-electron chi connectivity index (χ1n) is 16.4. The van der Waals surface area contributed by atoms with Gasteiger partial charge in [-0.05, 0) is 85.2 Å². The standard InChI is InChI=1S/C40H41N3O3S/c1-7-12-34-36(39(45)46-8-2)37(31-17-15-28(16-18-31)25(3)4)43-38(44)35(47-40(43)41-34)24-32-23-26(5)42(27(32)6)33-21-19-30(20-22-33)29-13-10-9-11-14-29/h9-11,13-25,37H,7-8,12H2,1-6H3/b35-24-/t37-/m0/s1. The van der Waals surface area contributed by atoms with Gasteiger partial charge in [0.25, 0.3) is 5.56 Å². The van der Waals surface area contributed by atoms with E-state index in [1.165, 1.54) is 22.5 Å². The lowest BCUT2D eigenvalue weighted by Gasteiger charge is -2.26. The highest BCUT2D eigenvalue weighted by molar-refractivity contribution is 7.07. The monoisotopic (exact) mass is 643 g/mol. The van der Waals surface area contributed by atoms with Gasteiger partial charge in [0, 0.05) is 17.1 Å². The predicted octanol–water partition coefficient (Wildman–Crippen LogP) is 7.78. The number of ether oxygens (including phenoxy) is 1. The van der Waals surface area contributed by atoms with E-state index in [1.54, 1.807) is 11.5 Å². The molecule has 0 bridgehead atoms. The average Bonchev–Trinajstić information content (AvgIpc) is 3.54. The smallest absolute Gasteiger partial charge is 0.338 e. The lowest BCUT2D eigenvalue weighted by Crippen LogP contribution is -2.40. The second kappa shape index (κ2) is 13.5. The molecule has 6 rings (SSSR count). The highest BCUT2D eigenvalue weighted by Gasteiger charge is 2.34. The van der Waals surface area contributed by atoms with Gasteiger partial charge in [0.05, 0.1) is 28.5 Å². The van der Waals surface area contributed by atoms with Crippen molar-refractivity contribution in [3.05, 3.63) is 144 Å². The van der Waals surface area contributed by atoms with E-state index < -0.39 is 12.0 Å². The molecule has 0 aliphatic carbocycles. The fourth-order valence-electron chi connectivity index (χ4n) is 6.41. The molecule has 6 nitrogen and oxygen atoms in total. The van der Waals surface area contributed by atoms with Gasteiger partial charge in [-0.2, -0.15) is 0 Å². The van der Waals surface area contributed by atoms with Crippen LogP contribution in [0.1, 0.15) is 80.6 Å². The Morgan fingerprint density at radius 3 is 2.28 bits per heavy atom. The number of carbonyl (C=O) groups is 1. The van der Waals surface area contributed by atoms with Crippen LogP contribution in [0.3, 0.4) is 0 Å². The van der Waals surface area contributed by atoms with Crippen LogP contribution in [0.25, 0.3) is 22.9 Å². The molecule has 3 heterocycles. The lowest BCUT2D eigenvalue weighted by molar-refractivity contribution is -0.139. The zero-order valence-electron chi connectivity index (χ0n) is 27.9. The maximum atomic E-state index is 14.3. The number of nitrogens with zero attached hydrogens (tertiary/aromatic N) is 3. The lowest BCUT2D eigenvalue weighted by atomic mass is 9.92. The minimum Gasteiger partial charge on any atom is -0.463 e. The maximum Gasteiger partial charge on any atom is 0.338 e. The first-order chi connectivity index (χ1) is 22.7. The molecule has 0 amide bonds. The molecule has 0 spiro atoms. The molecule has 1 aliphatic heterocycles. The van der Waals surface area contributed by atoms with Gasteiger partial charge in [-0.25, -0.2) is 9.79 Å². The summed E-state index contributed by atoms with van der Waals surface area (Å²) in [7, 11) is 0. The van der Waals surface area contributed by atoms with Gasteiger partial charge in [-0.1, -0.05) is 105 Å². The molecule has 5 aromatic rings. The largest absolute Gasteiger partial charge is 0.463 e. The number of carbonyl (C=O) groups excluding carboxylic acids is 1. The van der Waals surface area contributed by atoms with Crippen molar-refractivity contribution in [3.8, 4) is 16.8 Å². The van der Waals surface area contributed by atoms with Crippen LogP contribution in [-0.2, 0) is 9.53 Å². The molecule has 2 aromatic heterocycles. The summed E-state index contributed by atoms with van der Waals surface area (Å²) in [5, 5.41) is 0. The number of benzene rings is 3. The number of rotatable bonds is 9. The highest BCUT2D eigenvalue weighted by Crippen LogP contribution is 2.33. The quantitative estimate of drug-likeness (QED) is 0.154. The van der Waals surface area contributed by atoms with Crippen molar-refractivity contribution in [2.75, 3.05) is 6.61 Å². The van der Waals surface area contributed by atoms with Gasteiger partial charge in [-0.3, -0.25) is 9.36 Å². The van der Waals surface area contributed by atoms with Crippen LogP contribution in [0.5, 0.6) is 0 Å². The Morgan fingerprint density at radius 1 is 0.957 bits per heavy atom. The Hall–Kier alpha value is -4.75. The van der Waals surface area contributed by atoms with Crippen molar-refractivity contribution in [3.63, 3.8) is 0 Å². The van der Waals surface area contributed by atoms with E-state index in [0.29, 0.717) is 32.9 Å². The average molecular weight is 644 g/mol. The summed E-state index contributed by atoms with van der Waals surface area (Å²) in [5.41, 5.74) is 9.52. The van der Waals surface area contributed by atoms with E-state index in [-0.39, 0.29) is 12.2 Å². The van der Waals surface area contributed by atoms with Crippen molar-refractivity contribution in [1.82, 2.24) is 9.13 Å². The summed E-state index contributed by atoms with van der Waals surface area (Å²) < 4.78 is 10.0. The van der Waals surface area contributed by atoms with Crippen LogP contribution in [0.2, 0.25) is 0 Å². The van der Waals surface area contributed by atoms with Gasteiger partial charge >= 0.3 is 5.97 Å². The summed E-state index contributed by atoms with van der Waals surface area (Å²) in [6.45, 7) is 12.6. The SMILES string of the molecule is CCCC1=C(C(=O)OCC)[C@H](c2ccc(C(C)C)cc2)n2c(s/c(=C\c3cc(C)n(-c4ccc(-c5ccccc5)cc4)c3C)c2=O)=N1. The Labute approximate surface area is 280 Å². The molecule has 3 aromatic carbocycles. The molecule has 47 heavy (non-hydrogen) atoms. The van der Waals surface area contributed by atoms with Crippen molar-refractivity contribution < 1.29 is 9.53 Å². The fraction of sp³-hybridized carbons (Fsp3) is 0.275. The third-order valence-electron chi connectivity index (χ3n) is 8.80. The minimum atomic E-state index is -0.620. The zero-order chi connectivity index (χ0) is 33.2. The summed E-state index contributed by atoms with van der Waals surface area (Å²) in [6.07, 6.45) is 3.39. The summed E-state index contributed by atoms with van der Waals surface area (Å²) in [4.78, 5) is 33.4. The number of allylic oxidation sites excluding steroid dienone is 1. The van der Waals surface area contributed by atoms with E-state index >= 15 is 0 Å². The molecule has 0 fully saturated rings. The van der Waals surface area contributed by atoms with Gasteiger partial charge in [0.15, 0.2) is 4.80 Å². The summed E-state index contributed by atoms with van der Waals surface area (Å²) in [6, 6.07) is 28.6. The first-order valence-corrected chi connectivity index (χ1v) is 17.2. The predicted molar refractivity (Wildman–Crippen MR) is 191 cm³/mol. The number of esters is 1. The molecular formula is C40H41N3O3S. The van der Waals surface area contributed by atoms with Crippen LogP contribution in [-0.4, -0.2) is 21.7 Å². The maximum absolute atomic E-state index is 14.3. The molecule has 0 radical (unpaired) electrons. The molecule has 0 saturated carbocycles. The Bertz CT molecular complexity index is 2130. The van der Waals surface area contributed by atoms with Crippen LogP contribution < -0.4 is 14.9 Å². The third kappa shape index (κ3) is 6.20. The summed E-state index contributed by atoms with van der Waals surface area (Å²) >= 11 is 1.37. The van der Waals surface area contributed by atoms with Gasteiger partial charge in [-0.15, -0.1) is 0 Å². The topological polar surface area (TPSA) is 65.6 Å². The number of thiazole rings is 1. The number of aromatic nitrogens is 2. The highest BCUT2D eigenvalue weighted by atomic mass is 32.1. The van der Waals surface area contributed by atoms with E-state index in [1.807, 2.05) is 36.4 Å². The molecule has 0 N–H and O–H groups in total. The third-order valence-corrected chi connectivity index (χ3v) is 9.78. The van der Waals surface area contributed by atoms with Crippen LogP contribution in [0, 0.1) is 13.8 Å². The second-order valence-corrected chi connectivity index (χ2v) is 13.3. The first kappa shape index (κ1) is 32.2. The van der Waals surface area contributed by atoms with E-state index in [9.17, 15) is 9.59 Å². The second-order valence-electron chi connectivity index (χ2n) is 12.3. The van der Waals surface area contributed by atoms with Gasteiger partial charge in [0.1, 0.15) is 0 Å². The Morgan fingerprint density at radius 2 is 1.64 bits per heavy atom. The minimum absolute atomic E-state index is 0.166. The molecule has 7 heteroatoms. The Balaban J connectivity index is 1.47. The zero-order valence-corrected chi connectivity index (χ0v) is 28.7. The van der Waals surface area contributed by atoms with Crippen molar-refractivity contribution in [2.24, 2.45) is 4.99 Å². The van der Waals surface area contributed by atoms with Crippen LogP contribution >= 0.6 is 11.3 Å². The molecule has 1 aliphatic rings. The van der Waals surface area contributed by atoms with Crippen LogP contribution in [0.15, 0.2) is 106 Å². The van der Waals surface area contributed by atoms with Crippen molar-refractivity contribution >= 4 is 23.4 Å². The van der Waals surface area contributed by atoms with Gasteiger partial charge < -0.3 is 9.30 Å².